The van der Waals surface area contributed by atoms with Gasteiger partial charge in [-0.1, -0.05) is 37.3 Å². The summed E-state index contributed by atoms with van der Waals surface area (Å²) in [5, 5.41) is 4.96. The number of rotatable bonds is 12. The largest absolute Gasteiger partial charge is 0.497 e. The van der Waals surface area contributed by atoms with E-state index in [4.69, 9.17) is 16.3 Å². The molecule has 0 saturated carbocycles. The van der Waals surface area contributed by atoms with Crippen molar-refractivity contribution in [3.63, 3.8) is 0 Å². The number of carbonyl (C=O) groups is 2. The van der Waals surface area contributed by atoms with Gasteiger partial charge in [-0.3, -0.25) is 14.6 Å². The lowest BCUT2D eigenvalue weighted by molar-refractivity contribution is -0.137. The molecule has 2 aromatic rings. The highest BCUT2D eigenvalue weighted by Gasteiger charge is 2.34. The van der Waals surface area contributed by atoms with Crippen molar-refractivity contribution in [3.8, 4) is 0 Å². The molecule has 1 unspecified atom stereocenters. The maximum absolute atomic E-state index is 13.1. The fraction of sp³-hybridized carbons (Fsp3) is 0.276. The second-order valence-corrected chi connectivity index (χ2v) is 10.1. The van der Waals surface area contributed by atoms with Gasteiger partial charge in [-0.25, -0.2) is 9.97 Å². The number of thiazole rings is 1. The monoisotopic (exact) mass is 621 g/mol. The number of allylic oxidation sites excluding steroid dienone is 6. The first-order valence-electron chi connectivity index (χ1n) is 12.6. The molecule has 0 aromatic carbocycles. The first-order chi connectivity index (χ1) is 19.8. The highest BCUT2D eigenvalue weighted by atomic mass is 35.5. The minimum Gasteiger partial charge on any atom is -0.497 e. The van der Waals surface area contributed by atoms with Gasteiger partial charge in [0.15, 0.2) is 0 Å². The highest BCUT2D eigenvalue weighted by Crippen LogP contribution is 2.35. The number of nitrogens with one attached hydrogen (secondary N) is 2. The van der Waals surface area contributed by atoms with Gasteiger partial charge in [0.25, 0.3) is 5.91 Å². The molecular weight excluding hydrogens is 591 g/mol. The first kappa shape index (κ1) is 34.2. The predicted octanol–water partition coefficient (Wildman–Crippen LogP) is 7.61. The molecule has 2 rings (SSSR count). The van der Waals surface area contributed by atoms with Crippen molar-refractivity contribution >= 4 is 46.3 Å². The summed E-state index contributed by atoms with van der Waals surface area (Å²) in [5.41, 5.74) is 0.357. The van der Waals surface area contributed by atoms with Gasteiger partial charge in [-0.15, -0.1) is 11.3 Å². The predicted molar refractivity (Wildman–Crippen MR) is 161 cm³/mol. The number of aliphatic imine (C=N–C) groups is 1. The van der Waals surface area contributed by atoms with Crippen molar-refractivity contribution in [2.24, 2.45) is 4.99 Å². The summed E-state index contributed by atoms with van der Waals surface area (Å²) < 4.78 is 44.7. The second kappa shape index (κ2) is 15.8. The van der Waals surface area contributed by atoms with Crippen LogP contribution in [0.15, 0.2) is 83.5 Å². The third-order valence-corrected chi connectivity index (χ3v) is 6.95. The van der Waals surface area contributed by atoms with E-state index in [0.29, 0.717) is 33.7 Å². The van der Waals surface area contributed by atoms with Crippen LogP contribution in [0, 0.1) is 0 Å². The smallest absolute Gasteiger partial charge is 0.418 e. The highest BCUT2D eigenvalue weighted by molar-refractivity contribution is 7.13. The molecule has 2 heterocycles. The molecule has 0 saturated heterocycles. The number of pyridine rings is 1. The molecule has 0 fully saturated rings. The SMILES string of the molecule is C=C/C(=C\C(=C/C)OC)C(/C=C(\C)C(=O)NC(C)c1ncc(C(=O)Nc2cc(C(F)(F)F)c(Cl)cn2)s1)=N/C=C/CC. The summed E-state index contributed by atoms with van der Waals surface area (Å²) in [5.74, 6) is -0.836. The molecule has 1 atom stereocenters. The number of halogens is 4. The van der Waals surface area contributed by atoms with Gasteiger partial charge in [0, 0.05) is 23.5 Å². The van der Waals surface area contributed by atoms with E-state index in [9.17, 15) is 22.8 Å². The van der Waals surface area contributed by atoms with E-state index in [2.05, 4.69) is 32.2 Å². The van der Waals surface area contributed by atoms with Gasteiger partial charge < -0.3 is 15.4 Å². The van der Waals surface area contributed by atoms with Crippen LogP contribution in [0.25, 0.3) is 0 Å². The van der Waals surface area contributed by atoms with Crippen molar-refractivity contribution in [1.29, 1.82) is 0 Å². The summed E-state index contributed by atoms with van der Waals surface area (Å²) in [4.78, 5) is 38.2. The summed E-state index contributed by atoms with van der Waals surface area (Å²) >= 11 is 6.56. The molecule has 0 radical (unpaired) electrons. The molecule has 0 aliphatic rings. The summed E-state index contributed by atoms with van der Waals surface area (Å²) in [6.45, 7) is 11.0. The van der Waals surface area contributed by atoms with E-state index >= 15 is 0 Å². The van der Waals surface area contributed by atoms with Crippen molar-refractivity contribution < 1.29 is 27.5 Å². The zero-order valence-electron chi connectivity index (χ0n) is 23.7. The first-order valence-corrected chi connectivity index (χ1v) is 13.8. The van der Waals surface area contributed by atoms with Crippen molar-refractivity contribution in [1.82, 2.24) is 15.3 Å². The fourth-order valence-corrected chi connectivity index (χ4v) is 4.25. The Bertz CT molecular complexity index is 1460. The van der Waals surface area contributed by atoms with Crippen molar-refractivity contribution in [2.45, 2.75) is 46.3 Å². The van der Waals surface area contributed by atoms with E-state index in [1.54, 1.807) is 51.5 Å². The normalized spacial score (nSPS) is 14.1. The molecule has 224 valence electrons. The van der Waals surface area contributed by atoms with E-state index in [0.717, 1.165) is 24.0 Å². The Hall–Kier alpha value is -4.03. The Morgan fingerprint density at radius 2 is 1.98 bits per heavy atom. The lowest BCUT2D eigenvalue weighted by Crippen LogP contribution is -2.27. The van der Waals surface area contributed by atoms with E-state index < -0.39 is 34.6 Å². The zero-order valence-corrected chi connectivity index (χ0v) is 25.2. The van der Waals surface area contributed by atoms with E-state index in [1.165, 1.54) is 6.20 Å². The Morgan fingerprint density at radius 3 is 2.57 bits per heavy atom. The van der Waals surface area contributed by atoms with Crippen LogP contribution in [0.3, 0.4) is 0 Å². The fourth-order valence-electron chi connectivity index (χ4n) is 3.22. The Labute approximate surface area is 251 Å². The maximum Gasteiger partial charge on any atom is 0.418 e. The third kappa shape index (κ3) is 9.81. The van der Waals surface area contributed by atoms with Crippen molar-refractivity contribution in [2.75, 3.05) is 12.4 Å². The number of carbonyl (C=O) groups excluding carboxylic acids is 2. The van der Waals surface area contributed by atoms with Crippen LogP contribution in [0.1, 0.15) is 60.4 Å². The zero-order chi connectivity index (χ0) is 31.4. The quantitative estimate of drug-likeness (QED) is 0.110. The number of anilines is 1. The number of aromatic nitrogens is 2. The van der Waals surface area contributed by atoms with Crippen LogP contribution in [-0.2, 0) is 15.7 Å². The molecule has 0 spiro atoms. The number of hydrogen-bond donors (Lipinski definition) is 2. The van der Waals surface area contributed by atoms with Gasteiger partial charge in [0.05, 0.1) is 35.6 Å². The van der Waals surface area contributed by atoms with Crippen LogP contribution in [-0.4, -0.2) is 34.6 Å². The molecule has 2 amide bonds. The number of alkyl halides is 3. The average molecular weight is 622 g/mol. The molecule has 13 heteroatoms. The number of nitrogens with zero attached hydrogens (tertiary/aromatic N) is 3. The number of amides is 2. The van der Waals surface area contributed by atoms with Gasteiger partial charge in [0.1, 0.15) is 21.5 Å². The number of hydrogen-bond acceptors (Lipinski definition) is 7. The standard InChI is InChI=1S/C29H31ClF3N5O3S/c1-7-10-11-34-23(19(8-2)13-20(9-3)41-6)12-17(4)26(39)37-18(5)28-36-16-24(42-28)27(40)38-25-14-21(29(31,32)33)22(30)15-35-25/h8-16,18H,2,7H2,1,3-6H3,(H,37,39)(H,35,38,40)/b11-10+,17-12+,19-13+,20-9+,34-23+. The topological polar surface area (TPSA) is 106 Å². The molecule has 0 aliphatic carbocycles. The van der Waals surface area contributed by atoms with Crippen LogP contribution in [0.4, 0.5) is 19.0 Å². The van der Waals surface area contributed by atoms with Crippen molar-refractivity contribution in [3.05, 3.63) is 99.0 Å². The summed E-state index contributed by atoms with van der Waals surface area (Å²) in [6, 6.07) is 0.0629. The maximum atomic E-state index is 13.1. The minimum atomic E-state index is -4.71. The Kier molecular flexibility index (Phi) is 12.9. The Morgan fingerprint density at radius 1 is 1.26 bits per heavy atom. The summed E-state index contributed by atoms with van der Waals surface area (Å²) in [7, 11) is 1.54. The van der Waals surface area contributed by atoms with Crippen LogP contribution < -0.4 is 10.6 Å². The van der Waals surface area contributed by atoms with Gasteiger partial charge in [-0.2, -0.15) is 13.2 Å². The minimum absolute atomic E-state index is 0.111. The molecule has 0 aliphatic heterocycles. The van der Waals surface area contributed by atoms with Crippen LogP contribution in [0.2, 0.25) is 5.02 Å². The number of methoxy groups -OCH3 is 1. The molecule has 42 heavy (non-hydrogen) atoms. The van der Waals surface area contributed by atoms with Gasteiger partial charge >= 0.3 is 6.18 Å². The number of ether oxygens (including phenoxy) is 1. The molecule has 0 bridgehead atoms. The molecule has 8 nitrogen and oxygen atoms in total. The Balaban J connectivity index is 2.20. The van der Waals surface area contributed by atoms with Crippen LogP contribution >= 0.6 is 22.9 Å². The van der Waals surface area contributed by atoms with E-state index in [-0.39, 0.29) is 10.7 Å². The molecular formula is C29H31ClF3N5O3S. The third-order valence-electron chi connectivity index (χ3n) is 5.47. The second-order valence-electron chi connectivity index (χ2n) is 8.59. The van der Waals surface area contributed by atoms with Crippen LogP contribution in [0.5, 0.6) is 0 Å². The average Bonchev–Trinajstić information content (AvgIpc) is 3.45. The van der Waals surface area contributed by atoms with Gasteiger partial charge in [-0.05, 0) is 51.5 Å². The van der Waals surface area contributed by atoms with E-state index in [1.807, 2.05) is 19.9 Å². The molecule has 2 aromatic heterocycles. The lowest BCUT2D eigenvalue weighted by atomic mass is 10.1. The molecule has 2 N–H and O–H groups in total. The lowest BCUT2D eigenvalue weighted by Gasteiger charge is -2.12. The summed E-state index contributed by atoms with van der Waals surface area (Å²) in [6.07, 6.45) is 8.42. The van der Waals surface area contributed by atoms with Gasteiger partial charge in [0.2, 0.25) is 5.91 Å².